The number of benzene rings is 1. The van der Waals surface area contributed by atoms with E-state index in [1.54, 1.807) is 21.0 Å². The van der Waals surface area contributed by atoms with Crippen molar-refractivity contribution < 1.29 is 17.7 Å². The first kappa shape index (κ1) is 16.0. The van der Waals surface area contributed by atoms with Crippen LogP contribution in [0.25, 0.3) is 0 Å². The molecule has 1 fully saturated rings. The zero-order valence-corrected chi connectivity index (χ0v) is 14.2. The van der Waals surface area contributed by atoms with Gasteiger partial charge in [0.2, 0.25) is 10.0 Å². The minimum atomic E-state index is -3.68. The van der Waals surface area contributed by atoms with Gasteiger partial charge in [0.15, 0.2) is 5.76 Å². The maximum Gasteiger partial charge on any atom is 0.246 e. The number of ether oxygens (including phenoxy) is 1. The predicted molar refractivity (Wildman–Crippen MR) is 84.8 cm³/mol. The third-order valence-electron chi connectivity index (χ3n) is 4.09. The molecule has 1 aromatic heterocycles. The van der Waals surface area contributed by atoms with E-state index in [1.807, 2.05) is 24.3 Å². The lowest BCUT2D eigenvalue weighted by Gasteiger charge is -2.19. The van der Waals surface area contributed by atoms with Crippen LogP contribution in [0.1, 0.15) is 35.9 Å². The topological polar surface area (TPSA) is 81.4 Å². The molecule has 6 nitrogen and oxygen atoms in total. The van der Waals surface area contributed by atoms with Crippen molar-refractivity contribution in [3.63, 3.8) is 0 Å². The van der Waals surface area contributed by atoms with Crippen LogP contribution in [0.5, 0.6) is 5.75 Å². The Labute approximate surface area is 135 Å². The Hall–Kier alpha value is -1.86. The Morgan fingerprint density at radius 3 is 2.39 bits per heavy atom. The number of hydrogen-bond acceptors (Lipinski definition) is 5. The second-order valence-electron chi connectivity index (χ2n) is 5.86. The van der Waals surface area contributed by atoms with E-state index in [4.69, 9.17) is 9.26 Å². The molecule has 0 amide bonds. The normalized spacial score (nSPS) is 16.3. The van der Waals surface area contributed by atoms with Gasteiger partial charge in [-0.15, -0.1) is 0 Å². The first-order chi connectivity index (χ1) is 10.9. The summed E-state index contributed by atoms with van der Waals surface area (Å²) in [5.41, 5.74) is 1.31. The van der Waals surface area contributed by atoms with Gasteiger partial charge in [-0.1, -0.05) is 17.3 Å². The van der Waals surface area contributed by atoms with Gasteiger partial charge in [-0.05, 0) is 50.3 Å². The van der Waals surface area contributed by atoms with Crippen molar-refractivity contribution in [3.05, 3.63) is 41.3 Å². The lowest BCUT2D eigenvalue weighted by molar-refractivity contribution is 0.390. The molecule has 0 aliphatic heterocycles. The molecule has 0 saturated heterocycles. The van der Waals surface area contributed by atoms with E-state index < -0.39 is 10.0 Å². The van der Waals surface area contributed by atoms with Gasteiger partial charge in [-0.3, -0.25) is 0 Å². The third kappa shape index (κ3) is 3.25. The van der Waals surface area contributed by atoms with Crippen LogP contribution in [-0.4, -0.2) is 20.7 Å². The molecule has 1 heterocycles. The molecule has 7 heteroatoms. The van der Waals surface area contributed by atoms with Gasteiger partial charge in [0.25, 0.3) is 0 Å². The molecule has 1 aromatic carbocycles. The number of aromatic nitrogens is 1. The number of rotatable bonds is 6. The predicted octanol–water partition coefficient (Wildman–Crippen LogP) is 2.73. The first-order valence-electron chi connectivity index (χ1n) is 7.51. The monoisotopic (exact) mass is 336 g/mol. The molecule has 3 rings (SSSR count). The summed E-state index contributed by atoms with van der Waals surface area (Å²) in [5, 5.41) is 3.73. The summed E-state index contributed by atoms with van der Waals surface area (Å²) >= 11 is 0. The van der Waals surface area contributed by atoms with E-state index in [1.165, 1.54) is 0 Å². The van der Waals surface area contributed by atoms with Gasteiger partial charge in [-0.2, -0.15) is 0 Å². The molecule has 2 aromatic rings. The fourth-order valence-corrected chi connectivity index (χ4v) is 4.38. The smallest absolute Gasteiger partial charge is 0.246 e. The average Bonchev–Trinajstić information content (AvgIpc) is 3.30. The van der Waals surface area contributed by atoms with Crippen molar-refractivity contribution in [1.82, 2.24) is 9.88 Å². The van der Waals surface area contributed by atoms with Crippen molar-refractivity contribution in [1.29, 1.82) is 0 Å². The Balaban J connectivity index is 1.90. The summed E-state index contributed by atoms with van der Waals surface area (Å²) in [5.74, 6) is 1.37. The minimum Gasteiger partial charge on any atom is -0.497 e. The van der Waals surface area contributed by atoms with Crippen LogP contribution in [0.15, 0.2) is 33.7 Å². The van der Waals surface area contributed by atoms with Gasteiger partial charge in [0.05, 0.1) is 7.11 Å². The van der Waals surface area contributed by atoms with Crippen molar-refractivity contribution in [3.8, 4) is 5.75 Å². The standard InChI is InChI=1S/C16H20N2O4S/c1-10-16(11(2)22-17-10)23(19,20)18-15(12-4-5-12)13-6-8-14(21-3)9-7-13/h6-9,12,15,18H,4-5H2,1-3H3. The van der Waals surface area contributed by atoms with Crippen LogP contribution in [0.3, 0.4) is 0 Å². The molecule has 1 N–H and O–H groups in total. The second-order valence-corrected chi connectivity index (χ2v) is 7.51. The molecule has 0 bridgehead atoms. The Morgan fingerprint density at radius 1 is 1.26 bits per heavy atom. The molecule has 0 spiro atoms. The SMILES string of the molecule is COc1ccc(C(NS(=O)(=O)c2c(C)noc2C)C2CC2)cc1. The quantitative estimate of drug-likeness (QED) is 0.877. The van der Waals surface area contributed by atoms with E-state index in [-0.39, 0.29) is 10.9 Å². The van der Waals surface area contributed by atoms with Gasteiger partial charge in [0, 0.05) is 6.04 Å². The van der Waals surface area contributed by atoms with Crippen molar-refractivity contribution in [2.75, 3.05) is 7.11 Å². The Bertz CT molecular complexity index is 772. The molecule has 1 aliphatic carbocycles. The Morgan fingerprint density at radius 2 is 1.91 bits per heavy atom. The van der Waals surface area contributed by atoms with Gasteiger partial charge >= 0.3 is 0 Å². The summed E-state index contributed by atoms with van der Waals surface area (Å²) in [7, 11) is -2.08. The van der Waals surface area contributed by atoms with Crippen LogP contribution in [0.2, 0.25) is 0 Å². The molecule has 23 heavy (non-hydrogen) atoms. The van der Waals surface area contributed by atoms with Gasteiger partial charge in [-0.25, -0.2) is 13.1 Å². The fraction of sp³-hybridized carbons (Fsp3) is 0.438. The molecule has 124 valence electrons. The lowest BCUT2D eigenvalue weighted by atomic mass is 10.0. The van der Waals surface area contributed by atoms with E-state index in [9.17, 15) is 8.42 Å². The number of aryl methyl sites for hydroxylation is 2. The van der Waals surface area contributed by atoms with E-state index in [0.29, 0.717) is 17.4 Å². The van der Waals surface area contributed by atoms with Crippen LogP contribution in [-0.2, 0) is 10.0 Å². The molecule has 1 aliphatic rings. The molecular formula is C16H20N2O4S. The number of methoxy groups -OCH3 is 1. The van der Waals surface area contributed by atoms with Crippen LogP contribution < -0.4 is 9.46 Å². The minimum absolute atomic E-state index is 0.136. The highest BCUT2D eigenvalue weighted by molar-refractivity contribution is 7.89. The fourth-order valence-electron chi connectivity index (χ4n) is 2.76. The molecule has 0 radical (unpaired) electrons. The maximum atomic E-state index is 12.7. The Kier molecular flexibility index (Phi) is 4.16. The maximum absolute atomic E-state index is 12.7. The molecule has 1 unspecified atom stereocenters. The highest BCUT2D eigenvalue weighted by Gasteiger charge is 2.37. The van der Waals surface area contributed by atoms with Crippen molar-refractivity contribution in [2.24, 2.45) is 5.92 Å². The highest BCUT2D eigenvalue weighted by Crippen LogP contribution is 2.42. The van der Waals surface area contributed by atoms with Crippen molar-refractivity contribution in [2.45, 2.75) is 37.6 Å². The van der Waals surface area contributed by atoms with Crippen LogP contribution >= 0.6 is 0 Å². The van der Waals surface area contributed by atoms with Crippen molar-refractivity contribution >= 4 is 10.0 Å². The first-order valence-corrected chi connectivity index (χ1v) is 9.00. The van der Waals surface area contributed by atoms with Crippen LogP contribution in [0, 0.1) is 19.8 Å². The second kappa shape index (κ2) is 5.98. The number of sulfonamides is 1. The van der Waals surface area contributed by atoms with E-state index in [0.717, 1.165) is 24.2 Å². The number of nitrogens with one attached hydrogen (secondary N) is 1. The number of nitrogens with zero attached hydrogens (tertiary/aromatic N) is 1. The highest BCUT2D eigenvalue weighted by atomic mass is 32.2. The van der Waals surface area contributed by atoms with E-state index >= 15 is 0 Å². The third-order valence-corrected chi connectivity index (χ3v) is 5.77. The number of hydrogen-bond donors (Lipinski definition) is 1. The molecule has 1 atom stereocenters. The zero-order valence-electron chi connectivity index (χ0n) is 13.4. The zero-order chi connectivity index (χ0) is 16.6. The summed E-state index contributed by atoms with van der Waals surface area (Å²) in [4.78, 5) is 0.136. The summed E-state index contributed by atoms with van der Waals surface area (Å²) in [6.07, 6.45) is 2.03. The molecule has 1 saturated carbocycles. The van der Waals surface area contributed by atoms with Gasteiger partial charge in [0.1, 0.15) is 16.3 Å². The molecular weight excluding hydrogens is 316 g/mol. The van der Waals surface area contributed by atoms with E-state index in [2.05, 4.69) is 9.88 Å². The summed E-state index contributed by atoms with van der Waals surface area (Å²) in [6.45, 7) is 3.23. The van der Waals surface area contributed by atoms with Gasteiger partial charge < -0.3 is 9.26 Å². The van der Waals surface area contributed by atoms with Crippen LogP contribution in [0.4, 0.5) is 0 Å². The lowest BCUT2D eigenvalue weighted by Crippen LogP contribution is -2.30. The summed E-state index contributed by atoms with van der Waals surface area (Å²) in [6, 6.07) is 7.23. The average molecular weight is 336 g/mol. The summed E-state index contributed by atoms with van der Waals surface area (Å²) < 4.78 is 38.4. The largest absolute Gasteiger partial charge is 0.497 e.